The van der Waals surface area contributed by atoms with Crippen LogP contribution in [-0.2, 0) is 13.2 Å². The Morgan fingerprint density at radius 1 is 1.27 bits per heavy atom. The lowest BCUT2D eigenvalue weighted by Gasteiger charge is -2.14. The molecule has 0 amide bonds. The molecule has 0 atom stereocenters. The third-order valence-electron chi connectivity index (χ3n) is 3.59. The average molecular weight is 379 g/mol. The van der Waals surface area contributed by atoms with Gasteiger partial charge in [-0.15, -0.1) is 4.79 Å². The molecule has 3 aromatic rings. The van der Waals surface area contributed by atoms with Crippen LogP contribution in [0.3, 0.4) is 0 Å². The number of benzene rings is 2. The van der Waals surface area contributed by atoms with Crippen molar-refractivity contribution in [2.24, 2.45) is 0 Å². The molecule has 0 aliphatic rings. The van der Waals surface area contributed by atoms with E-state index in [-0.39, 0.29) is 18.1 Å². The molecule has 0 radical (unpaired) electrons. The van der Waals surface area contributed by atoms with E-state index < -0.39 is 5.82 Å². The SMILES string of the molecule is COc1cc(CNn2nnnc2N)ccc1OCc1c(F)cccc1Cl. The largest absolute Gasteiger partial charge is 0.493 e. The fraction of sp³-hybridized carbons (Fsp3) is 0.188. The summed E-state index contributed by atoms with van der Waals surface area (Å²) in [5.74, 6) is 0.703. The zero-order chi connectivity index (χ0) is 18.5. The summed E-state index contributed by atoms with van der Waals surface area (Å²) in [6.45, 7) is 0.394. The highest BCUT2D eigenvalue weighted by molar-refractivity contribution is 6.31. The van der Waals surface area contributed by atoms with Gasteiger partial charge in [-0.05, 0) is 40.3 Å². The summed E-state index contributed by atoms with van der Waals surface area (Å²) in [7, 11) is 1.52. The van der Waals surface area contributed by atoms with Crippen LogP contribution in [-0.4, -0.2) is 27.4 Å². The molecule has 8 nitrogen and oxygen atoms in total. The fourth-order valence-electron chi connectivity index (χ4n) is 2.23. The van der Waals surface area contributed by atoms with Gasteiger partial charge in [-0.1, -0.05) is 28.8 Å². The first-order valence-corrected chi connectivity index (χ1v) is 7.96. The molecule has 0 bridgehead atoms. The normalized spacial score (nSPS) is 10.6. The number of hydrogen-bond donors (Lipinski definition) is 2. The van der Waals surface area contributed by atoms with E-state index in [0.717, 1.165) is 5.56 Å². The molecule has 0 unspecified atom stereocenters. The lowest BCUT2D eigenvalue weighted by molar-refractivity contribution is 0.279. The summed E-state index contributed by atoms with van der Waals surface area (Å²) in [6.07, 6.45) is 0. The second-order valence-electron chi connectivity index (χ2n) is 5.26. The van der Waals surface area contributed by atoms with Gasteiger partial charge < -0.3 is 20.6 Å². The number of nitrogens with two attached hydrogens (primary N) is 1. The zero-order valence-electron chi connectivity index (χ0n) is 13.8. The maximum atomic E-state index is 13.8. The molecule has 0 spiro atoms. The molecule has 1 aromatic heterocycles. The molecular weight excluding hydrogens is 363 g/mol. The highest BCUT2D eigenvalue weighted by Gasteiger charge is 2.11. The number of rotatable bonds is 7. The zero-order valence-corrected chi connectivity index (χ0v) is 14.6. The van der Waals surface area contributed by atoms with Crippen molar-refractivity contribution in [3.63, 3.8) is 0 Å². The number of tetrazole rings is 1. The first-order valence-electron chi connectivity index (χ1n) is 7.59. The third-order valence-corrected chi connectivity index (χ3v) is 3.94. The van der Waals surface area contributed by atoms with Crippen molar-refractivity contribution in [3.05, 3.63) is 58.4 Å². The van der Waals surface area contributed by atoms with Gasteiger partial charge in [0.25, 0.3) is 5.95 Å². The van der Waals surface area contributed by atoms with Gasteiger partial charge in [0.2, 0.25) is 0 Å². The smallest absolute Gasteiger partial charge is 0.260 e. The van der Waals surface area contributed by atoms with E-state index in [4.69, 9.17) is 26.8 Å². The minimum absolute atomic E-state index is 0.0133. The van der Waals surface area contributed by atoms with Crippen LogP contribution in [0.2, 0.25) is 5.02 Å². The third kappa shape index (κ3) is 3.94. The quantitative estimate of drug-likeness (QED) is 0.651. The van der Waals surface area contributed by atoms with Gasteiger partial charge in [-0.3, -0.25) is 0 Å². The second-order valence-corrected chi connectivity index (χ2v) is 5.67. The van der Waals surface area contributed by atoms with Crippen molar-refractivity contribution in [2.45, 2.75) is 13.2 Å². The molecule has 0 saturated carbocycles. The van der Waals surface area contributed by atoms with Crippen LogP contribution in [0, 0.1) is 5.82 Å². The van der Waals surface area contributed by atoms with E-state index in [0.29, 0.717) is 23.1 Å². The first kappa shape index (κ1) is 17.7. The van der Waals surface area contributed by atoms with E-state index >= 15 is 0 Å². The van der Waals surface area contributed by atoms with Crippen LogP contribution in [0.15, 0.2) is 36.4 Å². The standard InChI is InChI=1S/C16H16ClFN6O2/c1-25-15-7-10(8-20-24-16(19)21-22-23-24)5-6-14(15)26-9-11-12(17)3-2-4-13(11)18/h2-7,20H,8-9H2,1H3,(H2,19,21,23). The average Bonchev–Trinajstić information content (AvgIpc) is 3.05. The number of ether oxygens (including phenoxy) is 2. The van der Waals surface area contributed by atoms with Crippen molar-refractivity contribution >= 4 is 17.5 Å². The topological polar surface area (TPSA) is 100 Å². The van der Waals surface area contributed by atoms with Crippen LogP contribution < -0.4 is 20.6 Å². The molecule has 2 aromatic carbocycles. The minimum atomic E-state index is -0.420. The highest BCUT2D eigenvalue weighted by atomic mass is 35.5. The Labute approximate surface area is 153 Å². The molecular formula is C16H16ClFN6O2. The van der Waals surface area contributed by atoms with Gasteiger partial charge in [-0.2, -0.15) is 0 Å². The van der Waals surface area contributed by atoms with Crippen LogP contribution >= 0.6 is 11.6 Å². The molecule has 0 fully saturated rings. The van der Waals surface area contributed by atoms with E-state index in [1.165, 1.54) is 18.0 Å². The van der Waals surface area contributed by atoms with Crippen molar-refractivity contribution in [2.75, 3.05) is 18.3 Å². The van der Waals surface area contributed by atoms with Crippen LogP contribution in [0.25, 0.3) is 0 Å². The summed E-state index contributed by atoms with van der Waals surface area (Å²) in [5.41, 5.74) is 9.70. The number of halogens is 2. The van der Waals surface area contributed by atoms with E-state index in [9.17, 15) is 4.39 Å². The molecule has 0 saturated heterocycles. The number of methoxy groups -OCH3 is 1. The van der Waals surface area contributed by atoms with Gasteiger partial charge in [0, 0.05) is 5.56 Å². The molecule has 1 heterocycles. The molecule has 0 aliphatic heterocycles. The van der Waals surface area contributed by atoms with Crippen molar-refractivity contribution in [1.82, 2.24) is 20.3 Å². The Morgan fingerprint density at radius 2 is 2.12 bits per heavy atom. The van der Waals surface area contributed by atoms with Gasteiger partial charge in [0.1, 0.15) is 12.4 Å². The fourth-order valence-corrected chi connectivity index (χ4v) is 2.45. The molecule has 3 rings (SSSR count). The Kier molecular flexibility index (Phi) is 5.37. The maximum Gasteiger partial charge on any atom is 0.260 e. The monoisotopic (exact) mass is 378 g/mol. The summed E-state index contributed by atoms with van der Waals surface area (Å²) < 4.78 is 24.9. The Balaban J connectivity index is 1.69. The van der Waals surface area contributed by atoms with Crippen molar-refractivity contribution in [1.29, 1.82) is 0 Å². The number of nitrogen functional groups attached to an aromatic ring is 1. The van der Waals surface area contributed by atoms with Crippen LogP contribution in [0.5, 0.6) is 11.5 Å². The molecule has 26 heavy (non-hydrogen) atoms. The van der Waals surface area contributed by atoms with E-state index in [2.05, 4.69) is 21.0 Å². The van der Waals surface area contributed by atoms with Crippen molar-refractivity contribution < 1.29 is 13.9 Å². The summed E-state index contributed by atoms with van der Waals surface area (Å²) in [5, 5.41) is 11.0. The van der Waals surface area contributed by atoms with Gasteiger partial charge in [0.05, 0.1) is 18.7 Å². The predicted octanol–water partition coefficient (Wildman–Crippen LogP) is 2.38. The number of hydrogen-bond acceptors (Lipinski definition) is 7. The Bertz CT molecular complexity index is 884. The van der Waals surface area contributed by atoms with Gasteiger partial charge in [0.15, 0.2) is 11.5 Å². The summed E-state index contributed by atoms with van der Waals surface area (Å²) in [4.78, 5) is 1.26. The van der Waals surface area contributed by atoms with Gasteiger partial charge >= 0.3 is 0 Å². The first-order chi connectivity index (χ1) is 12.6. The van der Waals surface area contributed by atoms with Crippen LogP contribution in [0.1, 0.15) is 11.1 Å². The van der Waals surface area contributed by atoms with Crippen molar-refractivity contribution in [3.8, 4) is 11.5 Å². The molecule has 10 heteroatoms. The molecule has 0 aliphatic carbocycles. The lowest BCUT2D eigenvalue weighted by Crippen LogP contribution is -2.18. The van der Waals surface area contributed by atoms with Gasteiger partial charge in [-0.25, -0.2) is 4.39 Å². The van der Waals surface area contributed by atoms with E-state index in [1.54, 1.807) is 24.3 Å². The van der Waals surface area contributed by atoms with Crippen LogP contribution in [0.4, 0.5) is 10.3 Å². The summed E-state index contributed by atoms with van der Waals surface area (Å²) in [6, 6.07) is 9.83. The Morgan fingerprint density at radius 3 is 2.81 bits per heavy atom. The predicted molar refractivity (Wildman–Crippen MR) is 94.0 cm³/mol. The minimum Gasteiger partial charge on any atom is -0.493 e. The molecule has 3 N–H and O–H groups in total. The number of nitrogens with zero attached hydrogens (tertiary/aromatic N) is 4. The highest BCUT2D eigenvalue weighted by Crippen LogP contribution is 2.30. The van der Waals surface area contributed by atoms with E-state index in [1.807, 2.05) is 6.07 Å². The summed E-state index contributed by atoms with van der Waals surface area (Å²) >= 11 is 6.01. The number of nitrogens with one attached hydrogen (secondary N) is 1. The second kappa shape index (κ2) is 7.87. The maximum absolute atomic E-state index is 13.8. The lowest BCUT2D eigenvalue weighted by atomic mass is 10.2. The Hall–Kier alpha value is -3.07. The molecule has 136 valence electrons. The number of aromatic nitrogens is 4. The number of anilines is 1.